The highest BCUT2D eigenvalue weighted by Crippen LogP contribution is 2.25. The Balaban J connectivity index is 2.14. The van der Waals surface area contributed by atoms with Gasteiger partial charge in [0.15, 0.2) is 0 Å². The summed E-state index contributed by atoms with van der Waals surface area (Å²) < 4.78 is 0. The highest BCUT2D eigenvalue weighted by atomic mass is 15.0. The van der Waals surface area contributed by atoms with E-state index in [4.69, 9.17) is 5.73 Å². The van der Waals surface area contributed by atoms with Crippen LogP contribution in [0, 0.1) is 0 Å². The quantitative estimate of drug-likeness (QED) is 0.694. The summed E-state index contributed by atoms with van der Waals surface area (Å²) in [6.07, 6.45) is 4.02. The Labute approximate surface area is 83.9 Å². The number of hydrogen-bond acceptors (Lipinski definition) is 4. The molecule has 0 bridgehead atoms. The maximum absolute atomic E-state index is 5.56. The molecule has 1 aromatic heterocycles. The summed E-state index contributed by atoms with van der Waals surface area (Å²) >= 11 is 0. The first-order chi connectivity index (χ1) is 6.75. The second-order valence-electron chi connectivity index (χ2n) is 3.92. The zero-order valence-corrected chi connectivity index (χ0v) is 8.40. The van der Waals surface area contributed by atoms with Crippen LogP contribution in [0.3, 0.4) is 0 Å². The standard InChI is InChI=1S/C10H16N4/c1-7-6-8(2-4-12-7)9-3-5-13-10(11)14-9/h3,5,7-8,12H,2,4,6H2,1H3,(H2,11,13,14). The Bertz CT molecular complexity index is 313. The molecule has 1 aliphatic rings. The number of hydrogen-bond donors (Lipinski definition) is 2. The summed E-state index contributed by atoms with van der Waals surface area (Å²) in [5.41, 5.74) is 6.65. The molecule has 0 aromatic carbocycles. The van der Waals surface area contributed by atoms with Crippen molar-refractivity contribution in [2.45, 2.75) is 31.7 Å². The lowest BCUT2D eigenvalue weighted by Gasteiger charge is -2.27. The molecule has 3 N–H and O–H groups in total. The second kappa shape index (κ2) is 3.92. The fourth-order valence-electron chi connectivity index (χ4n) is 2.02. The number of aromatic nitrogens is 2. The molecule has 1 aliphatic heterocycles. The maximum atomic E-state index is 5.56. The number of piperidine rings is 1. The van der Waals surface area contributed by atoms with Gasteiger partial charge < -0.3 is 11.1 Å². The lowest BCUT2D eigenvalue weighted by molar-refractivity contribution is 0.376. The molecule has 0 amide bonds. The first-order valence-corrected chi connectivity index (χ1v) is 5.07. The zero-order valence-electron chi connectivity index (χ0n) is 8.40. The Morgan fingerprint density at radius 2 is 2.43 bits per heavy atom. The van der Waals surface area contributed by atoms with Crippen LogP contribution >= 0.6 is 0 Å². The van der Waals surface area contributed by atoms with Crippen molar-refractivity contribution in [2.24, 2.45) is 0 Å². The van der Waals surface area contributed by atoms with E-state index in [-0.39, 0.29) is 0 Å². The molecule has 0 radical (unpaired) electrons. The lowest BCUT2D eigenvalue weighted by atomic mass is 9.90. The third kappa shape index (κ3) is 2.01. The number of anilines is 1. The predicted molar refractivity (Wildman–Crippen MR) is 55.9 cm³/mol. The van der Waals surface area contributed by atoms with Gasteiger partial charge in [-0.3, -0.25) is 0 Å². The van der Waals surface area contributed by atoms with Crippen LogP contribution in [-0.2, 0) is 0 Å². The molecule has 2 atom stereocenters. The molecule has 4 heteroatoms. The smallest absolute Gasteiger partial charge is 0.220 e. The van der Waals surface area contributed by atoms with Crippen molar-refractivity contribution < 1.29 is 0 Å². The minimum absolute atomic E-state index is 0.383. The number of nitrogens with one attached hydrogen (secondary N) is 1. The zero-order chi connectivity index (χ0) is 9.97. The Kier molecular flexibility index (Phi) is 2.63. The van der Waals surface area contributed by atoms with Crippen LogP contribution in [0.15, 0.2) is 12.3 Å². The van der Waals surface area contributed by atoms with Gasteiger partial charge >= 0.3 is 0 Å². The van der Waals surface area contributed by atoms with Gasteiger partial charge in [-0.25, -0.2) is 9.97 Å². The maximum Gasteiger partial charge on any atom is 0.220 e. The normalized spacial score (nSPS) is 27.5. The SMILES string of the molecule is CC1CC(c2ccnc(N)n2)CCN1. The van der Waals surface area contributed by atoms with E-state index < -0.39 is 0 Å². The van der Waals surface area contributed by atoms with Gasteiger partial charge in [-0.2, -0.15) is 0 Å². The fourth-order valence-corrected chi connectivity index (χ4v) is 2.02. The van der Waals surface area contributed by atoms with Crippen LogP contribution in [-0.4, -0.2) is 22.6 Å². The number of nitrogens with two attached hydrogens (primary N) is 1. The van der Waals surface area contributed by atoms with Gasteiger partial charge in [0.2, 0.25) is 5.95 Å². The van der Waals surface area contributed by atoms with Crippen molar-refractivity contribution >= 4 is 5.95 Å². The van der Waals surface area contributed by atoms with E-state index in [1.807, 2.05) is 6.07 Å². The largest absolute Gasteiger partial charge is 0.368 e. The van der Waals surface area contributed by atoms with Gasteiger partial charge in [0.25, 0.3) is 0 Å². The van der Waals surface area contributed by atoms with Crippen molar-refractivity contribution in [1.29, 1.82) is 0 Å². The molecule has 1 saturated heterocycles. The number of nitrogen functional groups attached to an aromatic ring is 1. The van der Waals surface area contributed by atoms with Crippen LogP contribution in [0.2, 0.25) is 0 Å². The summed E-state index contributed by atoms with van der Waals surface area (Å²) in [6.45, 7) is 3.27. The number of rotatable bonds is 1. The first kappa shape index (κ1) is 9.40. The van der Waals surface area contributed by atoms with E-state index in [0.717, 1.165) is 25.1 Å². The van der Waals surface area contributed by atoms with Gasteiger partial charge in [0.05, 0.1) is 0 Å². The molecule has 2 rings (SSSR count). The molecule has 2 unspecified atom stereocenters. The van der Waals surface area contributed by atoms with E-state index in [9.17, 15) is 0 Å². The van der Waals surface area contributed by atoms with Gasteiger partial charge in [0.1, 0.15) is 0 Å². The van der Waals surface area contributed by atoms with E-state index in [2.05, 4.69) is 22.2 Å². The first-order valence-electron chi connectivity index (χ1n) is 5.07. The molecule has 0 saturated carbocycles. The Hall–Kier alpha value is -1.16. The van der Waals surface area contributed by atoms with Crippen LogP contribution in [0.25, 0.3) is 0 Å². The summed E-state index contributed by atoms with van der Waals surface area (Å²) in [7, 11) is 0. The number of nitrogens with zero attached hydrogens (tertiary/aromatic N) is 2. The molecule has 14 heavy (non-hydrogen) atoms. The van der Waals surface area contributed by atoms with E-state index >= 15 is 0 Å². The molecule has 0 spiro atoms. The van der Waals surface area contributed by atoms with Crippen LogP contribution in [0.5, 0.6) is 0 Å². The molecular weight excluding hydrogens is 176 g/mol. The van der Waals surface area contributed by atoms with E-state index in [1.165, 1.54) is 0 Å². The van der Waals surface area contributed by atoms with Gasteiger partial charge in [0, 0.05) is 23.9 Å². The average molecular weight is 192 g/mol. The predicted octanol–water partition coefficient (Wildman–Crippen LogP) is 0.914. The molecule has 2 heterocycles. The summed E-state index contributed by atoms with van der Waals surface area (Å²) in [5.74, 6) is 0.922. The molecule has 1 aromatic rings. The van der Waals surface area contributed by atoms with E-state index in [0.29, 0.717) is 17.9 Å². The van der Waals surface area contributed by atoms with Crippen molar-refractivity contribution in [3.63, 3.8) is 0 Å². The third-order valence-corrected chi connectivity index (χ3v) is 2.74. The Morgan fingerprint density at radius 3 is 3.14 bits per heavy atom. The van der Waals surface area contributed by atoms with E-state index in [1.54, 1.807) is 6.20 Å². The van der Waals surface area contributed by atoms with Crippen LogP contribution in [0.1, 0.15) is 31.4 Å². The topological polar surface area (TPSA) is 63.8 Å². The summed E-state index contributed by atoms with van der Waals surface area (Å²) in [4.78, 5) is 8.17. The average Bonchev–Trinajstić information content (AvgIpc) is 2.18. The molecule has 76 valence electrons. The summed E-state index contributed by atoms with van der Waals surface area (Å²) in [6, 6.07) is 2.55. The minimum Gasteiger partial charge on any atom is -0.368 e. The minimum atomic E-state index is 0.383. The van der Waals surface area contributed by atoms with Crippen molar-refractivity contribution in [2.75, 3.05) is 12.3 Å². The molecule has 0 aliphatic carbocycles. The highest BCUT2D eigenvalue weighted by molar-refractivity contribution is 5.20. The van der Waals surface area contributed by atoms with Crippen molar-refractivity contribution in [3.8, 4) is 0 Å². The molecular formula is C10H16N4. The van der Waals surface area contributed by atoms with Gasteiger partial charge in [-0.15, -0.1) is 0 Å². The van der Waals surface area contributed by atoms with Crippen LogP contribution < -0.4 is 11.1 Å². The van der Waals surface area contributed by atoms with Crippen molar-refractivity contribution in [1.82, 2.24) is 15.3 Å². The highest BCUT2D eigenvalue weighted by Gasteiger charge is 2.20. The molecule has 1 fully saturated rings. The second-order valence-corrected chi connectivity index (χ2v) is 3.92. The molecule has 4 nitrogen and oxygen atoms in total. The Morgan fingerprint density at radius 1 is 1.57 bits per heavy atom. The lowest BCUT2D eigenvalue weighted by Crippen LogP contribution is -2.35. The summed E-state index contributed by atoms with van der Waals surface area (Å²) in [5, 5.41) is 3.42. The monoisotopic (exact) mass is 192 g/mol. The van der Waals surface area contributed by atoms with Gasteiger partial charge in [-0.1, -0.05) is 0 Å². The van der Waals surface area contributed by atoms with Crippen LogP contribution in [0.4, 0.5) is 5.95 Å². The van der Waals surface area contributed by atoms with Gasteiger partial charge in [-0.05, 0) is 32.4 Å². The third-order valence-electron chi connectivity index (χ3n) is 2.74. The fraction of sp³-hybridized carbons (Fsp3) is 0.600. The van der Waals surface area contributed by atoms with Crippen molar-refractivity contribution in [3.05, 3.63) is 18.0 Å².